The molecule has 3 rings (SSSR count). The average Bonchev–Trinajstić information content (AvgIpc) is 3.67. The molecule has 0 aliphatic carbocycles. The maximum absolute atomic E-state index is 15.5. The molecule has 2 aliphatic rings. The minimum absolute atomic E-state index is 0.0452. The largest absolute Gasteiger partial charge is 0.346 e. The predicted molar refractivity (Wildman–Crippen MR) is 231 cm³/mol. The molecular formula is C45H78FN4O7P. The van der Waals surface area contributed by atoms with Crippen LogP contribution in [-0.4, -0.2) is 63.2 Å². The molecule has 2 saturated heterocycles. The van der Waals surface area contributed by atoms with Crippen LogP contribution in [0.3, 0.4) is 0 Å². The minimum Gasteiger partial charge on any atom is -0.346 e. The van der Waals surface area contributed by atoms with E-state index in [0.717, 1.165) is 64.8 Å². The Morgan fingerprint density at radius 3 is 2.09 bits per heavy atom. The van der Waals surface area contributed by atoms with Gasteiger partial charge in [-0.3, -0.25) is 13.9 Å². The molecular weight excluding hydrogens is 758 g/mol. The topological polar surface area (TPSA) is 117 Å². The minimum atomic E-state index is -1.58. The van der Waals surface area contributed by atoms with Gasteiger partial charge < -0.3 is 23.3 Å². The van der Waals surface area contributed by atoms with Crippen LogP contribution >= 0.6 is 8.53 Å². The van der Waals surface area contributed by atoms with Crippen molar-refractivity contribution in [2.45, 2.75) is 215 Å². The van der Waals surface area contributed by atoms with Gasteiger partial charge in [-0.05, 0) is 65.2 Å². The third-order valence-corrected chi connectivity index (χ3v) is 13.5. The lowest BCUT2D eigenvalue weighted by molar-refractivity contribution is -0.226. The lowest BCUT2D eigenvalue weighted by Gasteiger charge is -2.36. The highest BCUT2D eigenvalue weighted by Gasteiger charge is 2.58. The molecule has 7 atom stereocenters. The van der Waals surface area contributed by atoms with Gasteiger partial charge in [0.1, 0.15) is 18.3 Å². The molecule has 2 fully saturated rings. The number of hydrogen-bond acceptors (Lipinski definition) is 9. The van der Waals surface area contributed by atoms with Crippen molar-refractivity contribution in [3.63, 3.8) is 0 Å². The molecule has 1 unspecified atom stereocenters. The lowest BCUT2D eigenvalue weighted by atomic mass is 9.91. The normalized spacial score (nSPS) is 22.3. The van der Waals surface area contributed by atoms with Crippen LogP contribution in [0.4, 0.5) is 4.39 Å². The molecule has 332 valence electrons. The van der Waals surface area contributed by atoms with E-state index in [2.05, 4.69) is 80.0 Å². The molecule has 13 heteroatoms. The Morgan fingerprint density at radius 2 is 1.52 bits per heavy atom. The van der Waals surface area contributed by atoms with E-state index in [-0.39, 0.29) is 38.3 Å². The fourth-order valence-corrected chi connectivity index (χ4v) is 10.0. The van der Waals surface area contributed by atoms with Gasteiger partial charge in [-0.15, -0.1) is 0 Å². The Hall–Kier alpha value is -1.97. The summed E-state index contributed by atoms with van der Waals surface area (Å²) in [5, 5.41) is 9.16. The van der Waals surface area contributed by atoms with Crippen molar-refractivity contribution in [3.05, 3.63) is 44.5 Å². The first-order valence-electron chi connectivity index (χ1n) is 22.5. The molecule has 1 aromatic rings. The highest BCUT2D eigenvalue weighted by atomic mass is 31.2. The van der Waals surface area contributed by atoms with E-state index < -0.39 is 55.9 Å². The van der Waals surface area contributed by atoms with Gasteiger partial charge in [-0.1, -0.05) is 111 Å². The Kier molecular flexibility index (Phi) is 21.8. The summed E-state index contributed by atoms with van der Waals surface area (Å²) in [6, 6.07) is 2.33. The van der Waals surface area contributed by atoms with Crippen molar-refractivity contribution in [1.29, 1.82) is 5.26 Å². The molecule has 0 spiro atoms. The number of rotatable bonds is 28. The summed E-state index contributed by atoms with van der Waals surface area (Å²) in [6.45, 7) is 23.9. The first-order valence-corrected chi connectivity index (χ1v) is 23.6. The zero-order valence-electron chi connectivity index (χ0n) is 37.8. The zero-order valence-corrected chi connectivity index (χ0v) is 38.7. The molecule has 1 aromatic heterocycles. The van der Waals surface area contributed by atoms with Gasteiger partial charge in [0.05, 0.1) is 31.9 Å². The number of nitrogens with zero attached hydrogens (tertiary/aromatic N) is 4. The van der Waals surface area contributed by atoms with E-state index in [1.165, 1.54) is 38.5 Å². The SMILES string of the molecule is CCCC1(CCC)O[C@@H]2[C@H](O1)[C@@H](COP(OCCC#N)N(C(C)C)C(C)C)O[C@H]2n1cc(F)c(=O)n(CC=C(C)CCC[C@H](C)CCC[C@H](C)CCCC(C)C)c1=O. The summed E-state index contributed by atoms with van der Waals surface area (Å²) in [4.78, 5) is 27.2. The fraction of sp³-hybridized carbons (Fsp3) is 0.844. The Morgan fingerprint density at radius 1 is 0.931 bits per heavy atom. The molecule has 0 amide bonds. The van der Waals surface area contributed by atoms with E-state index in [0.29, 0.717) is 18.8 Å². The summed E-state index contributed by atoms with van der Waals surface area (Å²) in [5.74, 6) is 0.264. The average molecular weight is 837 g/mol. The summed E-state index contributed by atoms with van der Waals surface area (Å²) in [6.07, 6.45) is 13.5. The maximum Gasteiger partial charge on any atom is 0.333 e. The second-order valence-electron chi connectivity index (χ2n) is 18.0. The van der Waals surface area contributed by atoms with Crippen LogP contribution in [0.2, 0.25) is 0 Å². The number of aromatic nitrogens is 2. The van der Waals surface area contributed by atoms with E-state index in [1.807, 2.05) is 13.0 Å². The van der Waals surface area contributed by atoms with Crippen molar-refractivity contribution in [2.75, 3.05) is 13.2 Å². The van der Waals surface area contributed by atoms with Crippen LogP contribution in [0.25, 0.3) is 0 Å². The first kappa shape index (κ1) is 50.4. The molecule has 0 bridgehead atoms. The molecule has 0 radical (unpaired) electrons. The highest BCUT2D eigenvalue weighted by molar-refractivity contribution is 7.44. The van der Waals surface area contributed by atoms with E-state index >= 15 is 4.39 Å². The summed E-state index contributed by atoms with van der Waals surface area (Å²) in [5.41, 5.74) is -0.582. The van der Waals surface area contributed by atoms with Gasteiger partial charge in [0.25, 0.3) is 14.1 Å². The molecule has 0 saturated carbocycles. The third kappa shape index (κ3) is 14.9. The van der Waals surface area contributed by atoms with Crippen LogP contribution in [0.5, 0.6) is 0 Å². The van der Waals surface area contributed by atoms with Crippen molar-refractivity contribution >= 4 is 8.53 Å². The summed E-state index contributed by atoms with van der Waals surface area (Å²) < 4.78 is 52.2. The number of hydrogen-bond donors (Lipinski definition) is 0. The number of nitriles is 1. The van der Waals surface area contributed by atoms with Crippen LogP contribution in [-0.2, 0) is 29.8 Å². The van der Waals surface area contributed by atoms with Crippen LogP contribution in [0.15, 0.2) is 27.4 Å². The number of ether oxygens (including phenoxy) is 3. The Balaban J connectivity index is 1.76. The number of fused-ring (bicyclic) bond motifs is 1. The van der Waals surface area contributed by atoms with Gasteiger partial charge in [0.2, 0.25) is 5.82 Å². The zero-order chi connectivity index (χ0) is 43.0. The van der Waals surface area contributed by atoms with E-state index in [4.69, 9.17) is 28.5 Å². The van der Waals surface area contributed by atoms with Crippen molar-refractivity contribution in [1.82, 2.24) is 13.8 Å². The first-order chi connectivity index (χ1) is 27.6. The van der Waals surface area contributed by atoms with Gasteiger partial charge >= 0.3 is 5.69 Å². The Labute approximate surface area is 350 Å². The standard InChI is InChI=1S/C45H78FN4O7P/c1-12-25-45(26-13-2)56-40-39(31-54-58(53-29-17-27-47)50(33(5)6)34(7)8)55-43(41(40)57-45)49-30-38(46)42(51)48(44(49)52)28-24-37(11)23-16-22-36(10)21-15-20-35(9)19-14-18-32(3)4/h24,30,32-36,39-41,43H,12-23,25-26,28-29,31H2,1-11H3/t35-,36-,39-,40-,41-,43-,58?/m1/s1. The Bertz CT molecular complexity index is 1540. The summed E-state index contributed by atoms with van der Waals surface area (Å²) >= 11 is 0. The van der Waals surface area contributed by atoms with Crippen molar-refractivity contribution in [3.8, 4) is 6.07 Å². The smallest absolute Gasteiger partial charge is 0.333 e. The van der Waals surface area contributed by atoms with Crippen LogP contribution in [0.1, 0.15) is 172 Å². The van der Waals surface area contributed by atoms with E-state index in [1.54, 1.807) is 0 Å². The second-order valence-corrected chi connectivity index (χ2v) is 19.4. The highest BCUT2D eigenvalue weighted by Crippen LogP contribution is 2.50. The van der Waals surface area contributed by atoms with Gasteiger partial charge in [-0.25, -0.2) is 9.46 Å². The monoisotopic (exact) mass is 837 g/mol. The quantitative estimate of drug-likeness (QED) is 0.0462. The van der Waals surface area contributed by atoms with Crippen molar-refractivity contribution < 1.29 is 27.6 Å². The number of halogens is 1. The maximum atomic E-state index is 15.5. The van der Waals surface area contributed by atoms with Gasteiger partial charge in [0.15, 0.2) is 12.0 Å². The molecule has 2 aliphatic heterocycles. The van der Waals surface area contributed by atoms with Crippen LogP contribution < -0.4 is 11.2 Å². The molecule has 0 aromatic carbocycles. The van der Waals surface area contributed by atoms with Gasteiger partial charge in [-0.2, -0.15) is 9.65 Å². The third-order valence-electron chi connectivity index (χ3n) is 11.5. The molecule has 58 heavy (non-hydrogen) atoms. The van der Waals surface area contributed by atoms with Crippen molar-refractivity contribution in [2.24, 2.45) is 17.8 Å². The summed E-state index contributed by atoms with van der Waals surface area (Å²) in [7, 11) is -1.58. The second kappa shape index (κ2) is 25.1. The van der Waals surface area contributed by atoms with Crippen LogP contribution in [0, 0.1) is 34.9 Å². The molecule has 3 heterocycles. The lowest BCUT2D eigenvalue weighted by Crippen LogP contribution is -2.44. The van der Waals surface area contributed by atoms with E-state index in [9.17, 15) is 9.59 Å². The molecule has 0 N–H and O–H groups in total. The molecule has 11 nitrogen and oxygen atoms in total. The predicted octanol–water partition coefficient (Wildman–Crippen LogP) is 10.8. The van der Waals surface area contributed by atoms with Gasteiger partial charge in [0, 0.05) is 31.5 Å². The number of allylic oxidation sites excluding steroid dienone is 2. The fourth-order valence-electron chi connectivity index (χ4n) is 8.42.